The number of thiophene rings is 1. The molecule has 20 heavy (non-hydrogen) atoms. The molecule has 0 radical (unpaired) electrons. The van der Waals surface area contributed by atoms with Gasteiger partial charge in [0.2, 0.25) is 10.0 Å². The average molecular weight is 381 g/mol. The Bertz CT molecular complexity index is 559. The Kier molecular flexibility index (Phi) is 5.29. The Morgan fingerprint density at radius 3 is 2.65 bits per heavy atom. The van der Waals surface area contributed by atoms with Crippen molar-refractivity contribution in [2.75, 3.05) is 13.6 Å². The Balaban J connectivity index is 2.10. The van der Waals surface area contributed by atoms with E-state index in [-0.39, 0.29) is 5.41 Å². The molecule has 1 fully saturated rings. The van der Waals surface area contributed by atoms with Crippen LogP contribution in [-0.4, -0.2) is 22.0 Å². The number of halogens is 1. The SMILES string of the molecule is CCC1(CNS(=O)(=O)c2cc(CNC)sc2Br)CCC1. The molecule has 114 valence electrons. The maximum Gasteiger partial charge on any atom is 0.242 e. The van der Waals surface area contributed by atoms with Crippen LogP contribution in [0.25, 0.3) is 0 Å². The second-order valence-corrected chi connectivity index (χ2v) is 9.60. The van der Waals surface area contributed by atoms with E-state index in [9.17, 15) is 8.42 Å². The molecule has 1 aliphatic rings. The van der Waals surface area contributed by atoms with Gasteiger partial charge in [-0.15, -0.1) is 11.3 Å². The summed E-state index contributed by atoms with van der Waals surface area (Å²) in [6.45, 7) is 3.37. The van der Waals surface area contributed by atoms with Gasteiger partial charge in [0.05, 0.1) is 3.79 Å². The standard InChI is InChI=1S/C13H21BrN2O2S2/c1-3-13(5-4-6-13)9-16-20(17,18)11-7-10(8-15-2)19-12(11)14/h7,15-16H,3-6,8-9H2,1-2H3. The topological polar surface area (TPSA) is 58.2 Å². The first-order valence-corrected chi connectivity index (χ1v) is 9.94. The van der Waals surface area contributed by atoms with Gasteiger partial charge in [-0.05, 0) is 53.7 Å². The fourth-order valence-electron chi connectivity index (χ4n) is 2.50. The highest BCUT2D eigenvalue weighted by Gasteiger charge is 2.36. The summed E-state index contributed by atoms with van der Waals surface area (Å²) >= 11 is 4.82. The molecular formula is C13H21BrN2O2S2. The van der Waals surface area contributed by atoms with Crippen LogP contribution in [0.3, 0.4) is 0 Å². The molecular weight excluding hydrogens is 360 g/mol. The van der Waals surface area contributed by atoms with Crippen molar-refractivity contribution in [3.05, 3.63) is 14.7 Å². The van der Waals surface area contributed by atoms with E-state index in [1.807, 2.05) is 7.05 Å². The molecule has 7 heteroatoms. The largest absolute Gasteiger partial charge is 0.315 e. The van der Waals surface area contributed by atoms with E-state index in [0.29, 0.717) is 21.8 Å². The maximum atomic E-state index is 12.4. The van der Waals surface area contributed by atoms with Crippen LogP contribution in [0.4, 0.5) is 0 Å². The molecule has 2 N–H and O–H groups in total. The van der Waals surface area contributed by atoms with E-state index in [2.05, 4.69) is 32.9 Å². The van der Waals surface area contributed by atoms with E-state index >= 15 is 0 Å². The highest BCUT2D eigenvalue weighted by Crippen LogP contribution is 2.43. The van der Waals surface area contributed by atoms with Gasteiger partial charge < -0.3 is 5.32 Å². The Hall–Kier alpha value is 0.0500. The van der Waals surface area contributed by atoms with Gasteiger partial charge in [0.1, 0.15) is 4.90 Å². The van der Waals surface area contributed by atoms with Gasteiger partial charge in [-0.25, -0.2) is 13.1 Å². The summed E-state index contributed by atoms with van der Waals surface area (Å²) in [5.74, 6) is 0. The molecule has 1 aromatic rings. The monoisotopic (exact) mass is 380 g/mol. The molecule has 1 heterocycles. The van der Waals surface area contributed by atoms with Crippen molar-refractivity contribution in [2.24, 2.45) is 5.41 Å². The third kappa shape index (κ3) is 3.44. The number of rotatable bonds is 7. The molecule has 2 rings (SSSR count). The van der Waals surface area contributed by atoms with E-state index in [0.717, 1.165) is 24.1 Å². The summed E-state index contributed by atoms with van der Waals surface area (Å²) in [6.07, 6.45) is 4.50. The van der Waals surface area contributed by atoms with Gasteiger partial charge in [0.25, 0.3) is 0 Å². The van der Waals surface area contributed by atoms with Crippen LogP contribution >= 0.6 is 27.3 Å². The first kappa shape index (κ1) is 16.4. The lowest BCUT2D eigenvalue weighted by molar-refractivity contribution is 0.133. The normalized spacial score (nSPS) is 17.9. The third-order valence-electron chi connectivity index (χ3n) is 4.15. The first-order valence-electron chi connectivity index (χ1n) is 6.85. The van der Waals surface area contributed by atoms with Crippen molar-refractivity contribution in [1.82, 2.24) is 10.0 Å². The smallest absolute Gasteiger partial charge is 0.242 e. The third-order valence-corrected chi connectivity index (χ3v) is 7.80. The van der Waals surface area contributed by atoms with Gasteiger partial charge in [0.15, 0.2) is 0 Å². The second-order valence-electron chi connectivity index (χ2n) is 5.41. The van der Waals surface area contributed by atoms with Crippen LogP contribution in [0.2, 0.25) is 0 Å². The minimum atomic E-state index is -3.42. The maximum absolute atomic E-state index is 12.4. The minimum Gasteiger partial charge on any atom is -0.315 e. The summed E-state index contributed by atoms with van der Waals surface area (Å²) in [7, 11) is -1.57. The van der Waals surface area contributed by atoms with E-state index in [1.165, 1.54) is 17.8 Å². The summed E-state index contributed by atoms with van der Waals surface area (Å²) in [4.78, 5) is 1.37. The van der Waals surface area contributed by atoms with Crippen molar-refractivity contribution >= 4 is 37.3 Å². The van der Waals surface area contributed by atoms with Crippen LogP contribution < -0.4 is 10.0 Å². The van der Waals surface area contributed by atoms with Gasteiger partial charge >= 0.3 is 0 Å². The van der Waals surface area contributed by atoms with Crippen molar-refractivity contribution in [3.8, 4) is 0 Å². The Morgan fingerprint density at radius 2 is 2.15 bits per heavy atom. The fourth-order valence-corrected chi connectivity index (χ4v) is 6.35. The molecule has 0 aromatic carbocycles. The zero-order valence-corrected chi connectivity index (χ0v) is 15.0. The summed E-state index contributed by atoms with van der Waals surface area (Å²) in [5.41, 5.74) is 0.184. The van der Waals surface area contributed by atoms with E-state index in [4.69, 9.17) is 0 Å². The lowest BCUT2D eigenvalue weighted by atomic mass is 9.67. The van der Waals surface area contributed by atoms with Crippen LogP contribution in [0, 0.1) is 5.41 Å². The van der Waals surface area contributed by atoms with Crippen molar-refractivity contribution in [2.45, 2.75) is 44.0 Å². The van der Waals surface area contributed by atoms with Crippen LogP contribution in [0.5, 0.6) is 0 Å². The van der Waals surface area contributed by atoms with Crippen LogP contribution in [0.15, 0.2) is 14.7 Å². The minimum absolute atomic E-state index is 0.184. The number of nitrogens with one attached hydrogen (secondary N) is 2. The number of sulfonamides is 1. The lowest BCUT2D eigenvalue weighted by Crippen LogP contribution is -2.41. The molecule has 1 aromatic heterocycles. The quantitative estimate of drug-likeness (QED) is 0.763. The summed E-state index contributed by atoms with van der Waals surface area (Å²) < 4.78 is 28.3. The highest BCUT2D eigenvalue weighted by molar-refractivity contribution is 9.11. The lowest BCUT2D eigenvalue weighted by Gasteiger charge is -2.41. The zero-order chi connectivity index (χ0) is 14.8. The molecule has 0 aliphatic heterocycles. The molecule has 1 aliphatic carbocycles. The molecule has 0 bridgehead atoms. The van der Waals surface area contributed by atoms with Crippen LogP contribution in [-0.2, 0) is 16.6 Å². The van der Waals surface area contributed by atoms with E-state index in [1.54, 1.807) is 6.07 Å². The van der Waals surface area contributed by atoms with Crippen molar-refractivity contribution in [3.63, 3.8) is 0 Å². The predicted molar refractivity (Wildman–Crippen MR) is 86.5 cm³/mol. The molecule has 0 atom stereocenters. The van der Waals surface area contributed by atoms with Crippen molar-refractivity contribution in [1.29, 1.82) is 0 Å². The summed E-state index contributed by atoms with van der Waals surface area (Å²) in [6, 6.07) is 1.74. The molecule has 0 spiro atoms. The van der Waals surface area contributed by atoms with Gasteiger partial charge in [-0.2, -0.15) is 0 Å². The van der Waals surface area contributed by atoms with Crippen LogP contribution in [0.1, 0.15) is 37.5 Å². The highest BCUT2D eigenvalue weighted by atomic mass is 79.9. The second kappa shape index (κ2) is 6.44. The van der Waals surface area contributed by atoms with Gasteiger partial charge in [0, 0.05) is 18.0 Å². The van der Waals surface area contributed by atoms with Crippen molar-refractivity contribution < 1.29 is 8.42 Å². The zero-order valence-electron chi connectivity index (χ0n) is 11.8. The first-order chi connectivity index (χ1) is 9.42. The Morgan fingerprint density at radius 1 is 1.45 bits per heavy atom. The predicted octanol–water partition coefficient (Wildman–Crippen LogP) is 3.09. The average Bonchev–Trinajstić information content (AvgIpc) is 2.71. The number of hydrogen-bond acceptors (Lipinski definition) is 4. The van der Waals surface area contributed by atoms with Gasteiger partial charge in [-0.3, -0.25) is 0 Å². The number of hydrogen-bond donors (Lipinski definition) is 2. The molecule has 1 saturated carbocycles. The summed E-state index contributed by atoms with van der Waals surface area (Å²) in [5, 5.41) is 3.03. The van der Waals surface area contributed by atoms with Gasteiger partial charge in [-0.1, -0.05) is 13.3 Å². The fraction of sp³-hybridized carbons (Fsp3) is 0.692. The molecule has 0 amide bonds. The molecule has 0 saturated heterocycles. The molecule has 4 nitrogen and oxygen atoms in total. The Labute approximate surface area is 133 Å². The molecule has 0 unspecified atom stereocenters. The van der Waals surface area contributed by atoms with E-state index < -0.39 is 10.0 Å².